The molecule has 2 aromatic carbocycles. The Morgan fingerprint density at radius 1 is 1.15 bits per heavy atom. The standard InChI is InChI=1S/C17H15ClFN3O4S/c1-25-9-10-26-17-20-16(12-3-2-4-13(18)11-12)22(21-17)27(23,24)15-7-5-14(19)6-8-15/h2-8,11H,9-10H2,1H3. The topological polar surface area (TPSA) is 83.3 Å². The summed E-state index contributed by atoms with van der Waals surface area (Å²) in [7, 11) is -2.63. The van der Waals surface area contributed by atoms with Crippen molar-refractivity contribution in [3.63, 3.8) is 0 Å². The highest BCUT2D eigenvalue weighted by atomic mass is 35.5. The summed E-state index contributed by atoms with van der Waals surface area (Å²) in [6.45, 7) is 0.428. The number of hydrogen-bond donors (Lipinski definition) is 0. The van der Waals surface area contributed by atoms with Gasteiger partial charge in [0.2, 0.25) is 0 Å². The Kier molecular flexibility index (Phi) is 5.73. The van der Waals surface area contributed by atoms with Crippen LogP contribution in [-0.2, 0) is 14.8 Å². The molecule has 0 N–H and O–H groups in total. The van der Waals surface area contributed by atoms with Crippen molar-refractivity contribution in [3.05, 3.63) is 59.4 Å². The molecule has 0 saturated carbocycles. The third-order valence-corrected chi connectivity index (χ3v) is 5.31. The Morgan fingerprint density at radius 3 is 2.56 bits per heavy atom. The average Bonchev–Trinajstić information content (AvgIpc) is 3.07. The number of benzene rings is 2. The lowest BCUT2D eigenvalue weighted by Gasteiger charge is -2.07. The molecule has 10 heteroatoms. The molecule has 0 unspecified atom stereocenters. The molecule has 0 spiro atoms. The molecule has 0 aliphatic rings. The molecular formula is C17H15ClFN3O4S. The van der Waals surface area contributed by atoms with Crippen molar-refractivity contribution in [1.29, 1.82) is 0 Å². The number of aromatic nitrogens is 3. The first-order valence-corrected chi connectivity index (χ1v) is 9.59. The number of nitrogens with zero attached hydrogens (tertiary/aromatic N) is 3. The molecule has 1 heterocycles. The van der Waals surface area contributed by atoms with E-state index in [-0.39, 0.29) is 29.9 Å². The molecule has 1 aromatic heterocycles. The summed E-state index contributed by atoms with van der Waals surface area (Å²) in [5.41, 5.74) is 0.433. The Balaban J connectivity index is 2.10. The van der Waals surface area contributed by atoms with Gasteiger partial charge in [-0.25, -0.2) is 4.39 Å². The molecule has 7 nitrogen and oxygen atoms in total. The molecule has 0 fully saturated rings. The van der Waals surface area contributed by atoms with E-state index in [2.05, 4.69) is 10.1 Å². The van der Waals surface area contributed by atoms with Gasteiger partial charge in [0.1, 0.15) is 12.4 Å². The van der Waals surface area contributed by atoms with Gasteiger partial charge in [-0.15, -0.1) is 4.09 Å². The van der Waals surface area contributed by atoms with Crippen LogP contribution in [0.4, 0.5) is 4.39 Å². The van der Waals surface area contributed by atoms with Crippen molar-refractivity contribution in [1.82, 2.24) is 14.2 Å². The van der Waals surface area contributed by atoms with Crippen LogP contribution in [0.3, 0.4) is 0 Å². The lowest BCUT2D eigenvalue weighted by molar-refractivity contribution is 0.141. The van der Waals surface area contributed by atoms with Crippen LogP contribution < -0.4 is 4.74 Å². The van der Waals surface area contributed by atoms with E-state index in [0.29, 0.717) is 10.6 Å². The minimum atomic E-state index is -4.14. The lowest BCUT2D eigenvalue weighted by Crippen LogP contribution is -2.16. The highest BCUT2D eigenvalue weighted by Crippen LogP contribution is 2.26. The molecule has 0 amide bonds. The number of rotatable bonds is 7. The van der Waals surface area contributed by atoms with Gasteiger partial charge in [-0.1, -0.05) is 28.8 Å². The highest BCUT2D eigenvalue weighted by Gasteiger charge is 2.25. The highest BCUT2D eigenvalue weighted by molar-refractivity contribution is 7.90. The van der Waals surface area contributed by atoms with Crippen molar-refractivity contribution >= 4 is 21.6 Å². The van der Waals surface area contributed by atoms with E-state index >= 15 is 0 Å². The summed E-state index contributed by atoms with van der Waals surface area (Å²) >= 11 is 6.01. The van der Waals surface area contributed by atoms with Crippen molar-refractivity contribution in [2.45, 2.75) is 4.90 Å². The van der Waals surface area contributed by atoms with Gasteiger partial charge >= 0.3 is 6.01 Å². The van der Waals surface area contributed by atoms with Gasteiger partial charge in [0.25, 0.3) is 10.0 Å². The second-order valence-electron chi connectivity index (χ2n) is 5.37. The Bertz CT molecular complexity index is 1040. The average molecular weight is 412 g/mol. The SMILES string of the molecule is COCCOc1nc(-c2cccc(Cl)c2)n(S(=O)(=O)c2ccc(F)cc2)n1. The van der Waals surface area contributed by atoms with Crippen LogP contribution in [0, 0.1) is 5.82 Å². The van der Waals surface area contributed by atoms with Crippen LogP contribution in [-0.4, -0.2) is 42.9 Å². The summed E-state index contributed by atoms with van der Waals surface area (Å²) in [4.78, 5) is 4.03. The van der Waals surface area contributed by atoms with Crippen LogP contribution in [0.2, 0.25) is 5.02 Å². The Morgan fingerprint density at radius 2 is 1.89 bits per heavy atom. The zero-order valence-corrected chi connectivity index (χ0v) is 15.7. The first kappa shape index (κ1) is 19.3. The number of halogens is 2. The fourth-order valence-corrected chi connectivity index (χ4v) is 3.66. The van der Waals surface area contributed by atoms with Crippen LogP contribution in [0.1, 0.15) is 0 Å². The van der Waals surface area contributed by atoms with E-state index in [9.17, 15) is 12.8 Å². The molecule has 0 aliphatic heterocycles. The van der Waals surface area contributed by atoms with Crippen molar-refractivity contribution < 1.29 is 22.3 Å². The molecule has 0 atom stereocenters. The van der Waals surface area contributed by atoms with Gasteiger partial charge in [-0.2, -0.15) is 13.4 Å². The lowest BCUT2D eigenvalue weighted by atomic mass is 10.2. The van der Waals surface area contributed by atoms with Gasteiger partial charge in [-0.3, -0.25) is 0 Å². The smallest absolute Gasteiger partial charge is 0.337 e. The van der Waals surface area contributed by atoms with E-state index < -0.39 is 15.8 Å². The third kappa shape index (κ3) is 4.26. The fraction of sp³-hybridized carbons (Fsp3) is 0.176. The van der Waals surface area contributed by atoms with Gasteiger partial charge in [0, 0.05) is 17.7 Å². The second-order valence-corrected chi connectivity index (χ2v) is 7.58. The molecule has 0 radical (unpaired) electrons. The Labute approximate surface area is 160 Å². The predicted octanol–water partition coefficient (Wildman–Crippen LogP) is 3.00. The summed E-state index contributed by atoms with van der Waals surface area (Å²) in [5.74, 6) is -0.527. The van der Waals surface area contributed by atoms with Gasteiger partial charge < -0.3 is 9.47 Å². The van der Waals surface area contributed by atoms with Crippen molar-refractivity contribution in [2.75, 3.05) is 20.3 Å². The van der Waals surface area contributed by atoms with Crippen LogP contribution in [0.25, 0.3) is 11.4 Å². The maximum absolute atomic E-state index is 13.2. The summed E-state index contributed by atoms with van der Waals surface area (Å²) < 4.78 is 50.1. The molecular weight excluding hydrogens is 397 g/mol. The quantitative estimate of drug-likeness (QED) is 0.556. The minimum Gasteiger partial charge on any atom is -0.460 e. The maximum Gasteiger partial charge on any atom is 0.337 e. The van der Waals surface area contributed by atoms with Crippen molar-refractivity contribution in [3.8, 4) is 17.4 Å². The molecule has 142 valence electrons. The van der Waals surface area contributed by atoms with Gasteiger partial charge in [0.15, 0.2) is 5.82 Å². The normalized spacial score (nSPS) is 11.5. The predicted molar refractivity (Wildman–Crippen MR) is 96.8 cm³/mol. The molecule has 3 aromatic rings. The monoisotopic (exact) mass is 411 g/mol. The largest absolute Gasteiger partial charge is 0.460 e. The van der Waals surface area contributed by atoms with E-state index in [1.807, 2.05) is 0 Å². The zero-order valence-electron chi connectivity index (χ0n) is 14.2. The summed E-state index contributed by atoms with van der Waals surface area (Å²) in [6, 6.07) is 10.8. The summed E-state index contributed by atoms with van der Waals surface area (Å²) in [5, 5.41) is 4.37. The van der Waals surface area contributed by atoms with Crippen LogP contribution in [0.15, 0.2) is 53.4 Å². The molecule has 0 saturated heterocycles. The van der Waals surface area contributed by atoms with E-state index in [0.717, 1.165) is 28.4 Å². The zero-order chi connectivity index (χ0) is 19.4. The minimum absolute atomic E-state index is 0.0224. The number of methoxy groups -OCH3 is 1. The summed E-state index contributed by atoms with van der Waals surface area (Å²) in [6.07, 6.45) is 0. The maximum atomic E-state index is 13.2. The molecule has 3 rings (SSSR count). The second kappa shape index (κ2) is 8.03. The first-order chi connectivity index (χ1) is 12.9. The molecule has 27 heavy (non-hydrogen) atoms. The number of hydrogen-bond acceptors (Lipinski definition) is 6. The molecule has 0 bridgehead atoms. The molecule has 0 aliphatic carbocycles. The third-order valence-electron chi connectivity index (χ3n) is 3.50. The van der Waals surface area contributed by atoms with Gasteiger partial charge in [0.05, 0.1) is 11.5 Å². The Hall–Kier alpha value is -2.49. The van der Waals surface area contributed by atoms with Crippen LogP contribution in [0.5, 0.6) is 6.01 Å². The van der Waals surface area contributed by atoms with Crippen LogP contribution >= 0.6 is 11.6 Å². The first-order valence-electron chi connectivity index (χ1n) is 7.77. The van der Waals surface area contributed by atoms with E-state index in [1.54, 1.807) is 24.3 Å². The van der Waals surface area contributed by atoms with E-state index in [4.69, 9.17) is 21.1 Å². The fourth-order valence-electron chi connectivity index (χ4n) is 2.23. The van der Waals surface area contributed by atoms with Gasteiger partial charge in [-0.05, 0) is 36.4 Å². The van der Waals surface area contributed by atoms with E-state index in [1.165, 1.54) is 7.11 Å². The number of ether oxygens (including phenoxy) is 2. The van der Waals surface area contributed by atoms with Crippen molar-refractivity contribution in [2.24, 2.45) is 0 Å².